The molecule has 0 spiro atoms. The third-order valence-corrected chi connectivity index (χ3v) is 4.89. The molecule has 0 unspecified atom stereocenters. The highest BCUT2D eigenvalue weighted by molar-refractivity contribution is 9.10. The Morgan fingerprint density at radius 3 is 2.52 bits per heavy atom. The van der Waals surface area contributed by atoms with Gasteiger partial charge < -0.3 is 15.4 Å². The number of aromatic nitrogens is 2. The summed E-state index contributed by atoms with van der Waals surface area (Å²) in [5.74, 6) is -1.92. The minimum atomic E-state index is -0.850. The molecule has 10 heteroatoms. The Morgan fingerprint density at radius 2 is 1.81 bits per heavy atom. The molecular formula is C21H19BrN4O5. The lowest BCUT2D eigenvalue weighted by molar-refractivity contribution is -0.126. The van der Waals surface area contributed by atoms with Crippen LogP contribution in [0.15, 0.2) is 51.7 Å². The number of hydrogen-bond donors (Lipinski definition) is 2. The quantitative estimate of drug-likeness (QED) is 0.513. The van der Waals surface area contributed by atoms with Crippen molar-refractivity contribution in [2.24, 2.45) is 7.05 Å². The zero-order valence-corrected chi connectivity index (χ0v) is 18.4. The summed E-state index contributed by atoms with van der Waals surface area (Å²) in [4.78, 5) is 48.6. The number of amides is 2. The topological polar surface area (TPSA) is 119 Å². The average Bonchev–Trinajstić information content (AvgIpc) is 2.75. The molecule has 0 fully saturated rings. The molecule has 2 aromatic carbocycles. The number of nitrogens with one attached hydrogen (secondary N) is 2. The van der Waals surface area contributed by atoms with Crippen LogP contribution in [0.1, 0.15) is 16.1 Å². The van der Waals surface area contributed by atoms with Gasteiger partial charge in [-0.25, -0.2) is 9.48 Å². The maximum atomic E-state index is 12.4. The van der Waals surface area contributed by atoms with Gasteiger partial charge in [0, 0.05) is 22.6 Å². The first-order valence-corrected chi connectivity index (χ1v) is 10.0. The van der Waals surface area contributed by atoms with Gasteiger partial charge in [-0.15, -0.1) is 0 Å². The molecule has 0 bridgehead atoms. The molecule has 0 atom stereocenters. The summed E-state index contributed by atoms with van der Waals surface area (Å²) < 4.78 is 6.93. The molecule has 3 aromatic rings. The van der Waals surface area contributed by atoms with Gasteiger partial charge in [-0.05, 0) is 36.8 Å². The predicted octanol–water partition coefficient (Wildman–Crippen LogP) is 1.92. The van der Waals surface area contributed by atoms with E-state index < -0.39 is 24.4 Å². The van der Waals surface area contributed by atoms with Crippen molar-refractivity contribution < 1.29 is 19.1 Å². The van der Waals surface area contributed by atoms with Crippen molar-refractivity contribution in [1.82, 2.24) is 15.1 Å². The molecule has 3 rings (SSSR count). The largest absolute Gasteiger partial charge is 0.451 e. The molecule has 1 heterocycles. The number of carbonyl (C=O) groups is 3. The van der Waals surface area contributed by atoms with Crippen LogP contribution in [-0.2, 0) is 21.4 Å². The fraction of sp³-hybridized carbons (Fsp3) is 0.190. The lowest BCUT2D eigenvalue weighted by Crippen LogP contribution is -2.36. The summed E-state index contributed by atoms with van der Waals surface area (Å²) >= 11 is 3.35. The third kappa shape index (κ3) is 5.34. The van der Waals surface area contributed by atoms with Crippen molar-refractivity contribution in [3.63, 3.8) is 0 Å². The summed E-state index contributed by atoms with van der Waals surface area (Å²) in [6.07, 6.45) is 0. The van der Waals surface area contributed by atoms with E-state index in [0.717, 1.165) is 14.7 Å². The minimum Gasteiger partial charge on any atom is -0.451 e. The Morgan fingerprint density at radius 1 is 1.10 bits per heavy atom. The van der Waals surface area contributed by atoms with Crippen LogP contribution in [0.5, 0.6) is 0 Å². The van der Waals surface area contributed by atoms with E-state index in [2.05, 4.69) is 31.7 Å². The van der Waals surface area contributed by atoms with E-state index in [-0.39, 0.29) is 17.8 Å². The predicted molar refractivity (Wildman–Crippen MR) is 118 cm³/mol. The van der Waals surface area contributed by atoms with E-state index in [1.165, 1.54) is 7.05 Å². The number of halogens is 1. The highest BCUT2D eigenvalue weighted by atomic mass is 79.9. The highest BCUT2D eigenvalue weighted by Crippen LogP contribution is 2.19. The lowest BCUT2D eigenvalue weighted by Gasteiger charge is -2.10. The number of esters is 1. The molecule has 0 aliphatic heterocycles. The van der Waals surface area contributed by atoms with Gasteiger partial charge in [0.15, 0.2) is 12.3 Å². The number of anilines is 1. The first kappa shape index (κ1) is 22.2. The monoisotopic (exact) mass is 486 g/mol. The van der Waals surface area contributed by atoms with Crippen molar-refractivity contribution in [1.29, 1.82) is 0 Å². The second-order valence-corrected chi connectivity index (χ2v) is 7.60. The Labute approximate surface area is 185 Å². The van der Waals surface area contributed by atoms with Crippen LogP contribution in [0.2, 0.25) is 0 Å². The number of hydrogen-bond acceptors (Lipinski definition) is 6. The number of rotatable bonds is 6. The van der Waals surface area contributed by atoms with Gasteiger partial charge in [-0.2, -0.15) is 5.10 Å². The summed E-state index contributed by atoms with van der Waals surface area (Å²) in [6, 6.07) is 11.9. The molecule has 0 saturated heterocycles. The first-order valence-electron chi connectivity index (χ1n) is 9.22. The van der Waals surface area contributed by atoms with Crippen LogP contribution in [0.25, 0.3) is 10.8 Å². The smallest absolute Gasteiger partial charge is 0.359 e. The number of ether oxygens (including phenoxy) is 1. The van der Waals surface area contributed by atoms with Crippen molar-refractivity contribution in [3.05, 3.63) is 68.5 Å². The number of carbonyl (C=O) groups excluding carboxylic acids is 3. The number of aryl methyl sites for hydroxylation is 2. The molecular weight excluding hydrogens is 468 g/mol. The standard InChI is InChI=1S/C21H19BrN4O5/c1-12-9-13(22)7-8-16(12)24-17(27)10-23-18(28)11-31-21(30)19-14-5-3-4-6-15(14)20(29)26(2)25-19/h3-9H,10-11H2,1-2H3,(H,23,28)(H,24,27). The fourth-order valence-corrected chi connectivity index (χ4v) is 3.32. The Bertz CT molecular complexity index is 1240. The first-order chi connectivity index (χ1) is 14.8. The second kappa shape index (κ2) is 9.52. The molecule has 160 valence electrons. The molecule has 2 N–H and O–H groups in total. The normalized spacial score (nSPS) is 10.5. The van der Waals surface area contributed by atoms with E-state index in [1.807, 2.05) is 13.0 Å². The van der Waals surface area contributed by atoms with Crippen molar-refractivity contribution in [2.45, 2.75) is 6.92 Å². The van der Waals surface area contributed by atoms with E-state index in [1.54, 1.807) is 36.4 Å². The van der Waals surface area contributed by atoms with Crippen LogP contribution in [0, 0.1) is 6.92 Å². The maximum absolute atomic E-state index is 12.4. The van der Waals surface area contributed by atoms with Gasteiger partial charge in [-0.1, -0.05) is 34.1 Å². The average molecular weight is 487 g/mol. The van der Waals surface area contributed by atoms with Gasteiger partial charge >= 0.3 is 5.97 Å². The summed E-state index contributed by atoms with van der Waals surface area (Å²) in [7, 11) is 1.42. The number of fused-ring (bicyclic) bond motifs is 1. The Hall–Kier alpha value is -3.53. The van der Waals surface area contributed by atoms with Crippen LogP contribution < -0.4 is 16.2 Å². The molecule has 2 amide bonds. The maximum Gasteiger partial charge on any atom is 0.359 e. The van der Waals surface area contributed by atoms with E-state index >= 15 is 0 Å². The van der Waals surface area contributed by atoms with Crippen LogP contribution in [0.4, 0.5) is 5.69 Å². The van der Waals surface area contributed by atoms with Crippen LogP contribution in [-0.4, -0.2) is 40.7 Å². The van der Waals surface area contributed by atoms with Crippen molar-refractivity contribution in [2.75, 3.05) is 18.5 Å². The van der Waals surface area contributed by atoms with Gasteiger partial charge in [0.1, 0.15) is 0 Å². The van der Waals surface area contributed by atoms with Gasteiger partial charge in [0.05, 0.1) is 11.9 Å². The third-order valence-electron chi connectivity index (χ3n) is 4.39. The fourth-order valence-electron chi connectivity index (χ4n) is 2.84. The Balaban J connectivity index is 1.56. The molecule has 1 aromatic heterocycles. The SMILES string of the molecule is Cc1cc(Br)ccc1NC(=O)CNC(=O)COC(=O)c1nn(C)c(=O)c2ccccc12. The number of benzene rings is 2. The van der Waals surface area contributed by atoms with Gasteiger partial charge in [0.2, 0.25) is 5.91 Å². The van der Waals surface area contributed by atoms with Crippen molar-refractivity contribution in [3.8, 4) is 0 Å². The minimum absolute atomic E-state index is 0.0750. The van der Waals surface area contributed by atoms with E-state index in [4.69, 9.17) is 4.74 Å². The van der Waals surface area contributed by atoms with Crippen LogP contribution >= 0.6 is 15.9 Å². The summed E-state index contributed by atoms with van der Waals surface area (Å²) in [5.41, 5.74) is 1.06. The zero-order chi connectivity index (χ0) is 22.5. The van der Waals surface area contributed by atoms with Crippen molar-refractivity contribution >= 4 is 50.2 Å². The second-order valence-electron chi connectivity index (χ2n) is 6.68. The molecule has 0 aliphatic carbocycles. The molecule has 31 heavy (non-hydrogen) atoms. The Kier molecular flexibility index (Phi) is 6.81. The lowest BCUT2D eigenvalue weighted by atomic mass is 10.1. The molecule has 9 nitrogen and oxygen atoms in total. The van der Waals surface area contributed by atoms with Crippen LogP contribution in [0.3, 0.4) is 0 Å². The molecule has 0 aliphatic rings. The summed E-state index contributed by atoms with van der Waals surface area (Å²) in [5, 5.41) is 9.67. The zero-order valence-electron chi connectivity index (χ0n) is 16.8. The van der Waals surface area contributed by atoms with E-state index in [0.29, 0.717) is 16.5 Å². The van der Waals surface area contributed by atoms with Gasteiger partial charge in [0.25, 0.3) is 11.5 Å². The highest BCUT2D eigenvalue weighted by Gasteiger charge is 2.18. The molecule has 0 radical (unpaired) electrons. The number of nitrogens with zero attached hydrogens (tertiary/aromatic N) is 2. The van der Waals surface area contributed by atoms with E-state index in [9.17, 15) is 19.2 Å². The molecule has 0 saturated carbocycles. The summed E-state index contributed by atoms with van der Waals surface area (Å²) in [6.45, 7) is 0.963. The van der Waals surface area contributed by atoms with Gasteiger partial charge in [-0.3, -0.25) is 14.4 Å².